The second-order valence-corrected chi connectivity index (χ2v) is 5.46. The number of benzene rings is 1. The van der Waals surface area contributed by atoms with E-state index >= 15 is 0 Å². The molecule has 0 saturated heterocycles. The van der Waals surface area contributed by atoms with Crippen LogP contribution in [0.4, 0.5) is 0 Å². The molecular formula is C13H18N2O3S. The lowest BCUT2D eigenvalue weighted by Crippen LogP contribution is -2.36. The lowest BCUT2D eigenvalue weighted by atomic mass is 10.1. The standard InChI is InChI=1S/C13H18N2O3S/c1-2-9-14-19(17,18)15-11-13-7-5-12(6-8-13)4-3-10-16/h5-8,14-16H,2,9-11H2,1H3. The van der Waals surface area contributed by atoms with E-state index < -0.39 is 10.2 Å². The Morgan fingerprint density at radius 1 is 1.21 bits per heavy atom. The Kier molecular flexibility index (Phi) is 6.53. The van der Waals surface area contributed by atoms with E-state index in [9.17, 15) is 8.42 Å². The fraction of sp³-hybridized carbons (Fsp3) is 0.385. The average molecular weight is 282 g/mol. The lowest BCUT2D eigenvalue weighted by Gasteiger charge is -2.07. The average Bonchev–Trinajstić information content (AvgIpc) is 2.42. The van der Waals surface area contributed by atoms with Crippen molar-refractivity contribution < 1.29 is 13.5 Å². The first-order valence-electron chi connectivity index (χ1n) is 6.00. The molecule has 0 amide bonds. The first-order chi connectivity index (χ1) is 9.07. The predicted molar refractivity (Wildman–Crippen MR) is 74.5 cm³/mol. The number of nitrogens with one attached hydrogen (secondary N) is 2. The Labute approximate surface area is 114 Å². The monoisotopic (exact) mass is 282 g/mol. The van der Waals surface area contributed by atoms with Gasteiger partial charge in [0.05, 0.1) is 0 Å². The quantitative estimate of drug-likeness (QED) is 0.659. The number of hydrogen-bond donors (Lipinski definition) is 3. The first kappa shape index (κ1) is 15.7. The molecule has 19 heavy (non-hydrogen) atoms. The SMILES string of the molecule is CCCNS(=O)(=O)NCc1ccc(C#CCO)cc1. The highest BCUT2D eigenvalue weighted by atomic mass is 32.2. The lowest BCUT2D eigenvalue weighted by molar-refractivity contribution is 0.350. The first-order valence-corrected chi connectivity index (χ1v) is 7.48. The van der Waals surface area contributed by atoms with Crippen LogP contribution in [-0.2, 0) is 16.8 Å². The van der Waals surface area contributed by atoms with E-state index in [-0.39, 0.29) is 13.2 Å². The maximum atomic E-state index is 11.5. The molecule has 0 unspecified atom stereocenters. The summed E-state index contributed by atoms with van der Waals surface area (Å²) in [4.78, 5) is 0. The molecular weight excluding hydrogens is 264 g/mol. The molecule has 5 nitrogen and oxygen atoms in total. The molecule has 0 radical (unpaired) electrons. The van der Waals surface area contributed by atoms with Crippen LogP contribution in [0.25, 0.3) is 0 Å². The summed E-state index contributed by atoms with van der Waals surface area (Å²) in [5, 5.41) is 8.57. The molecule has 1 rings (SSSR count). The van der Waals surface area contributed by atoms with E-state index in [1.807, 2.05) is 6.92 Å². The third kappa shape index (κ3) is 6.36. The molecule has 6 heteroatoms. The zero-order chi connectivity index (χ0) is 14.1. The normalized spacial score (nSPS) is 10.8. The fourth-order valence-electron chi connectivity index (χ4n) is 1.31. The molecule has 0 fully saturated rings. The number of aliphatic hydroxyl groups excluding tert-OH is 1. The third-order valence-electron chi connectivity index (χ3n) is 2.27. The highest BCUT2D eigenvalue weighted by Gasteiger charge is 2.07. The second kappa shape index (κ2) is 7.92. The summed E-state index contributed by atoms with van der Waals surface area (Å²) in [6.07, 6.45) is 0.749. The van der Waals surface area contributed by atoms with Gasteiger partial charge in [0.25, 0.3) is 10.2 Å². The van der Waals surface area contributed by atoms with Crippen molar-refractivity contribution in [2.24, 2.45) is 0 Å². The van der Waals surface area contributed by atoms with Crippen LogP contribution in [0.5, 0.6) is 0 Å². The van der Waals surface area contributed by atoms with E-state index in [0.29, 0.717) is 6.54 Å². The van der Waals surface area contributed by atoms with Crippen LogP contribution in [0.3, 0.4) is 0 Å². The van der Waals surface area contributed by atoms with Gasteiger partial charge in [0.2, 0.25) is 0 Å². The Balaban J connectivity index is 2.54. The molecule has 1 aromatic carbocycles. The van der Waals surface area contributed by atoms with E-state index in [4.69, 9.17) is 5.11 Å². The summed E-state index contributed by atoms with van der Waals surface area (Å²) in [5.74, 6) is 5.32. The Morgan fingerprint density at radius 2 is 1.89 bits per heavy atom. The van der Waals surface area contributed by atoms with Crippen molar-refractivity contribution in [3.8, 4) is 11.8 Å². The zero-order valence-electron chi connectivity index (χ0n) is 10.8. The van der Waals surface area contributed by atoms with Crippen molar-refractivity contribution >= 4 is 10.2 Å². The van der Waals surface area contributed by atoms with Crippen LogP contribution in [0.1, 0.15) is 24.5 Å². The largest absolute Gasteiger partial charge is 0.384 e. The molecule has 3 N–H and O–H groups in total. The van der Waals surface area contributed by atoms with Gasteiger partial charge in [-0.2, -0.15) is 13.1 Å². The van der Waals surface area contributed by atoms with Gasteiger partial charge in [0, 0.05) is 18.7 Å². The van der Waals surface area contributed by atoms with Crippen molar-refractivity contribution in [3.63, 3.8) is 0 Å². The van der Waals surface area contributed by atoms with Gasteiger partial charge in [-0.1, -0.05) is 30.9 Å². The summed E-state index contributed by atoms with van der Waals surface area (Å²) in [6, 6.07) is 7.16. The number of aliphatic hydroxyl groups is 1. The summed E-state index contributed by atoms with van der Waals surface area (Å²) < 4.78 is 27.9. The van der Waals surface area contributed by atoms with Gasteiger partial charge in [0.15, 0.2) is 0 Å². The van der Waals surface area contributed by atoms with Crippen LogP contribution in [0, 0.1) is 11.8 Å². The summed E-state index contributed by atoms with van der Waals surface area (Å²) in [7, 11) is -3.43. The van der Waals surface area contributed by atoms with Gasteiger partial charge in [0.1, 0.15) is 6.61 Å². The number of hydrogen-bond acceptors (Lipinski definition) is 3. The van der Waals surface area contributed by atoms with Crippen LogP contribution < -0.4 is 9.44 Å². The van der Waals surface area contributed by atoms with Crippen molar-refractivity contribution in [2.45, 2.75) is 19.9 Å². The molecule has 0 bridgehead atoms. The van der Waals surface area contributed by atoms with Gasteiger partial charge in [-0.15, -0.1) is 0 Å². The zero-order valence-corrected chi connectivity index (χ0v) is 11.6. The van der Waals surface area contributed by atoms with Gasteiger partial charge in [-0.3, -0.25) is 0 Å². The minimum absolute atomic E-state index is 0.176. The van der Waals surface area contributed by atoms with Gasteiger partial charge < -0.3 is 5.11 Å². The van der Waals surface area contributed by atoms with Gasteiger partial charge >= 0.3 is 0 Å². The molecule has 0 aliphatic heterocycles. The van der Waals surface area contributed by atoms with Gasteiger partial charge in [-0.25, -0.2) is 4.72 Å². The van der Waals surface area contributed by atoms with Gasteiger partial charge in [-0.05, 0) is 24.1 Å². The van der Waals surface area contributed by atoms with E-state index in [2.05, 4.69) is 21.3 Å². The highest BCUT2D eigenvalue weighted by Crippen LogP contribution is 2.03. The molecule has 0 saturated carbocycles. The van der Waals surface area contributed by atoms with Crippen molar-refractivity contribution in [2.75, 3.05) is 13.2 Å². The maximum Gasteiger partial charge on any atom is 0.277 e. The van der Waals surface area contributed by atoms with E-state index in [0.717, 1.165) is 17.5 Å². The minimum Gasteiger partial charge on any atom is -0.384 e. The fourth-order valence-corrected chi connectivity index (χ4v) is 2.24. The molecule has 0 aliphatic carbocycles. The molecule has 0 heterocycles. The smallest absolute Gasteiger partial charge is 0.277 e. The minimum atomic E-state index is -3.43. The maximum absolute atomic E-state index is 11.5. The van der Waals surface area contributed by atoms with E-state index in [1.165, 1.54) is 0 Å². The number of rotatable bonds is 6. The van der Waals surface area contributed by atoms with Crippen molar-refractivity contribution in [1.82, 2.24) is 9.44 Å². The van der Waals surface area contributed by atoms with Crippen molar-refractivity contribution in [1.29, 1.82) is 0 Å². The second-order valence-electron chi connectivity index (χ2n) is 3.88. The molecule has 1 aromatic rings. The summed E-state index contributed by atoms with van der Waals surface area (Å²) >= 11 is 0. The van der Waals surface area contributed by atoms with Crippen molar-refractivity contribution in [3.05, 3.63) is 35.4 Å². The van der Waals surface area contributed by atoms with Crippen LogP contribution in [-0.4, -0.2) is 26.7 Å². The topological polar surface area (TPSA) is 78.4 Å². The molecule has 0 aromatic heterocycles. The van der Waals surface area contributed by atoms with E-state index in [1.54, 1.807) is 24.3 Å². The highest BCUT2D eigenvalue weighted by molar-refractivity contribution is 7.87. The third-order valence-corrected chi connectivity index (χ3v) is 3.38. The molecule has 104 valence electrons. The Bertz CT molecular complexity index is 541. The summed E-state index contributed by atoms with van der Waals surface area (Å²) in [6.45, 7) is 2.37. The van der Waals surface area contributed by atoms with Crippen LogP contribution >= 0.6 is 0 Å². The molecule has 0 spiro atoms. The Morgan fingerprint density at radius 3 is 2.47 bits per heavy atom. The predicted octanol–water partition coefficient (Wildman–Crippen LogP) is 0.364. The Hall–Kier alpha value is -1.39. The molecule has 0 atom stereocenters. The van der Waals surface area contributed by atoms with Crippen LogP contribution in [0.2, 0.25) is 0 Å². The molecule has 0 aliphatic rings. The van der Waals surface area contributed by atoms with Crippen LogP contribution in [0.15, 0.2) is 24.3 Å². The summed E-state index contributed by atoms with van der Waals surface area (Å²) in [5.41, 5.74) is 1.63.